The van der Waals surface area contributed by atoms with Gasteiger partial charge in [-0.3, -0.25) is 4.79 Å². The first-order valence-electron chi connectivity index (χ1n) is 10.9. The lowest BCUT2D eigenvalue weighted by atomic mass is 9.88. The average Bonchev–Trinajstić information content (AvgIpc) is 2.76. The fourth-order valence-corrected chi connectivity index (χ4v) is 4.26. The normalized spacial score (nSPS) is 24.8. The van der Waals surface area contributed by atoms with Gasteiger partial charge >= 0.3 is 6.03 Å². The topological polar surface area (TPSA) is 99.7 Å². The number of anilines is 1. The number of rotatable bonds is 7. The predicted molar refractivity (Wildman–Crippen MR) is 112 cm³/mol. The molecule has 0 radical (unpaired) electrons. The molecular formula is C22H32FN3O4. The highest BCUT2D eigenvalue weighted by Gasteiger charge is 2.32. The molecule has 1 aromatic carbocycles. The van der Waals surface area contributed by atoms with Gasteiger partial charge in [0.2, 0.25) is 5.91 Å². The quantitative estimate of drug-likeness (QED) is 0.544. The maximum atomic E-state index is 13.7. The Labute approximate surface area is 176 Å². The Bertz CT molecular complexity index is 711. The Kier molecular flexibility index (Phi) is 8.45. The van der Waals surface area contributed by atoms with Crippen molar-refractivity contribution in [2.75, 3.05) is 18.5 Å². The van der Waals surface area contributed by atoms with E-state index in [2.05, 4.69) is 16.0 Å². The van der Waals surface area contributed by atoms with Crippen LogP contribution in [0.2, 0.25) is 0 Å². The van der Waals surface area contributed by atoms with Crippen molar-refractivity contribution in [2.45, 2.75) is 69.6 Å². The number of nitrogens with one attached hydrogen (secondary N) is 3. The van der Waals surface area contributed by atoms with E-state index in [9.17, 15) is 19.1 Å². The molecule has 7 nitrogen and oxygen atoms in total. The maximum absolute atomic E-state index is 13.7. The lowest BCUT2D eigenvalue weighted by Crippen LogP contribution is -2.52. The minimum Gasteiger partial charge on any atom is -0.394 e. The third kappa shape index (κ3) is 6.40. The molecule has 1 saturated heterocycles. The lowest BCUT2D eigenvalue weighted by Gasteiger charge is -2.36. The van der Waals surface area contributed by atoms with E-state index in [1.54, 1.807) is 12.1 Å². The largest absolute Gasteiger partial charge is 0.394 e. The third-order valence-electron chi connectivity index (χ3n) is 5.98. The van der Waals surface area contributed by atoms with Gasteiger partial charge in [-0.25, -0.2) is 9.18 Å². The fraction of sp³-hybridized carbons (Fsp3) is 0.636. The van der Waals surface area contributed by atoms with E-state index < -0.39 is 18.0 Å². The number of carbonyl (C=O) groups excluding carboxylic acids is 2. The van der Waals surface area contributed by atoms with Gasteiger partial charge in [0.25, 0.3) is 0 Å². The summed E-state index contributed by atoms with van der Waals surface area (Å²) in [6, 6.07) is 5.03. The fourth-order valence-electron chi connectivity index (χ4n) is 4.26. The van der Waals surface area contributed by atoms with E-state index >= 15 is 0 Å². The molecule has 3 amide bonds. The zero-order valence-corrected chi connectivity index (χ0v) is 17.2. The summed E-state index contributed by atoms with van der Waals surface area (Å²) in [6.45, 7) is 0.319. The van der Waals surface area contributed by atoms with Gasteiger partial charge in [0.1, 0.15) is 11.9 Å². The summed E-state index contributed by atoms with van der Waals surface area (Å²) in [6.07, 6.45) is 6.81. The SMILES string of the molecule is O=C(Nc1ccccc1F)N[C@@H]1CC[C@@H](CCNC(=O)C2CCCCC2)O[C@@H]1CO. The third-order valence-corrected chi connectivity index (χ3v) is 5.98. The van der Waals surface area contributed by atoms with Crippen LogP contribution in [0.3, 0.4) is 0 Å². The van der Waals surface area contributed by atoms with Gasteiger partial charge in [-0.2, -0.15) is 0 Å². The molecule has 30 heavy (non-hydrogen) atoms. The first-order valence-corrected chi connectivity index (χ1v) is 10.9. The second-order valence-electron chi connectivity index (χ2n) is 8.16. The van der Waals surface area contributed by atoms with Crippen LogP contribution in [0, 0.1) is 11.7 Å². The Hall–Kier alpha value is -2.19. The molecule has 0 spiro atoms. The molecule has 1 aliphatic carbocycles. The minimum absolute atomic E-state index is 0.0820. The van der Waals surface area contributed by atoms with E-state index in [1.165, 1.54) is 18.6 Å². The smallest absolute Gasteiger partial charge is 0.319 e. The first-order chi connectivity index (χ1) is 14.6. The van der Waals surface area contributed by atoms with Crippen LogP contribution in [0.1, 0.15) is 51.4 Å². The molecule has 3 atom stereocenters. The summed E-state index contributed by atoms with van der Waals surface area (Å²) in [4.78, 5) is 24.4. The van der Waals surface area contributed by atoms with E-state index in [-0.39, 0.29) is 36.3 Å². The summed E-state index contributed by atoms with van der Waals surface area (Å²) in [7, 11) is 0. The number of aliphatic hydroxyl groups is 1. The first kappa shape index (κ1) is 22.5. The van der Waals surface area contributed by atoms with E-state index in [0.29, 0.717) is 25.8 Å². The molecule has 1 aromatic rings. The predicted octanol–water partition coefficient (Wildman–Crippen LogP) is 2.94. The van der Waals surface area contributed by atoms with Crippen molar-refractivity contribution in [3.8, 4) is 0 Å². The summed E-state index contributed by atoms with van der Waals surface area (Å²) in [5.74, 6) is -0.243. The van der Waals surface area contributed by atoms with Gasteiger partial charge in [0, 0.05) is 12.5 Å². The number of aliphatic hydroxyl groups excluding tert-OH is 1. The minimum atomic E-state index is -0.538. The summed E-state index contributed by atoms with van der Waals surface area (Å²) in [5.41, 5.74) is 0.0962. The Balaban J connectivity index is 1.40. The zero-order valence-electron chi connectivity index (χ0n) is 17.2. The second kappa shape index (κ2) is 11.3. The van der Waals surface area contributed by atoms with E-state index in [4.69, 9.17) is 4.74 Å². The number of ether oxygens (including phenoxy) is 1. The molecule has 0 unspecified atom stereocenters. The Morgan fingerprint density at radius 3 is 2.60 bits per heavy atom. The number of urea groups is 1. The van der Waals surface area contributed by atoms with Gasteiger partial charge in [0.05, 0.1) is 24.4 Å². The Morgan fingerprint density at radius 1 is 1.10 bits per heavy atom. The number of halogens is 1. The molecule has 0 aromatic heterocycles. The van der Waals surface area contributed by atoms with Crippen molar-refractivity contribution in [1.82, 2.24) is 10.6 Å². The highest BCUT2D eigenvalue weighted by atomic mass is 19.1. The molecule has 8 heteroatoms. The number of para-hydroxylation sites is 1. The van der Waals surface area contributed by atoms with Crippen molar-refractivity contribution in [1.29, 1.82) is 0 Å². The van der Waals surface area contributed by atoms with Crippen LogP contribution in [0.15, 0.2) is 24.3 Å². The molecule has 1 aliphatic heterocycles. The summed E-state index contributed by atoms with van der Waals surface area (Å²) in [5, 5.41) is 17.9. The molecular weight excluding hydrogens is 389 g/mol. The van der Waals surface area contributed by atoms with Crippen molar-refractivity contribution >= 4 is 17.6 Å². The average molecular weight is 422 g/mol. The molecule has 4 N–H and O–H groups in total. The second-order valence-corrected chi connectivity index (χ2v) is 8.16. The van der Waals surface area contributed by atoms with Crippen molar-refractivity contribution in [3.05, 3.63) is 30.1 Å². The van der Waals surface area contributed by atoms with E-state index in [1.807, 2.05) is 0 Å². The summed E-state index contributed by atoms with van der Waals surface area (Å²) >= 11 is 0. The molecule has 1 saturated carbocycles. The number of hydrogen-bond acceptors (Lipinski definition) is 4. The number of amides is 3. The summed E-state index contributed by atoms with van der Waals surface area (Å²) < 4.78 is 19.6. The highest BCUT2D eigenvalue weighted by molar-refractivity contribution is 5.89. The van der Waals surface area contributed by atoms with Gasteiger partial charge in [-0.1, -0.05) is 31.4 Å². The molecule has 2 fully saturated rings. The van der Waals surface area contributed by atoms with Crippen LogP contribution in [0.4, 0.5) is 14.9 Å². The van der Waals surface area contributed by atoms with Crippen LogP contribution in [0.25, 0.3) is 0 Å². The van der Waals surface area contributed by atoms with Crippen molar-refractivity contribution in [3.63, 3.8) is 0 Å². The van der Waals surface area contributed by atoms with Gasteiger partial charge in [0.15, 0.2) is 0 Å². The number of carbonyl (C=O) groups is 2. The van der Waals surface area contributed by atoms with E-state index in [0.717, 1.165) is 25.7 Å². The highest BCUT2D eigenvalue weighted by Crippen LogP contribution is 2.24. The maximum Gasteiger partial charge on any atom is 0.319 e. The Morgan fingerprint density at radius 2 is 1.87 bits per heavy atom. The van der Waals surface area contributed by atoms with Crippen molar-refractivity contribution < 1.29 is 23.8 Å². The standard InChI is InChI=1S/C22H32FN3O4/c23-17-8-4-5-9-18(17)25-22(29)26-19-11-10-16(30-20(19)14-27)12-13-24-21(28)15-6-2-1-3-7-15/h4-5,8-9,15-16,19-20,27H,1-3,6-7,10-14H2,(H,24,28)(H2,25,26,29)/t16-,19+,20+/m0/s1. The van der Waals surface area contributed by atoms with Crippen LogP contribution in [-0.4, -0.2) is 48.4 Å². The monoisotopic (exact) mass is 421 g/mol. The molecule has 2 aliphatic rings. The number of hydrogen-bond donors (Lipinski definition) is 4. The molecule has 166 valence electrons. The molecule has 3 rings (SSSR count). The van der Waals surface area contributed by atoms with Gasteiger partial charge < -0.3 is 25.8 Å². The van der Waals surface area contributed by atoms with Crippen LogP contribution in [0.5, 0.6) is 0 Å². The molecule has 1 heterocycles. The number of benzene rings is 1. The molecule has 0 bridgehead atoms. The van der Waals surface area contributed by atoms with Gasteiger partial charge in [-0.15, -0.1) is 0 Å². The van der Waals surface area contributed by atoms with Crippen molar-refractivity contribution in [2.24, 2.45) is 5.92 Å². The van der Waals surface area contributed by atoms with Crippen LogP contribution >= 0.6 is 0 Å². The van der Waals surface area contributed by atoms with Crippen LogP contribution < -0.4 is 16.0 Å². The zero-order chi connectivity index (χ0) is 21.3. The van der Waals surface area contributed by atoms with Gasteiger partial charge in [-0.05, 0) is 44.2 Å². The lowest BCUT2D eigenvalue weighted by molar-refractivity contribution is -0.126. The van der Waals surface area contributed by atoms with Crippen LogP contribution in [-0.2, 0) is 9.53 Å².